The van der Waals surface area contributed by atoms with Crippen LogP contribution in [0.1, 0.15) is 0 Å². The monoisotopic (exact) mass is 217 g/mol. The topological polar surface area (TPSA) is 107 Å². The molecule has 0 radical (unpaired) electrons. The average molecular weight is 217 g/mol. The molecule has 7 heteroatoms. The maximum absolute atomic E-state index is 11.1. The number of hydrogen-bond donors (Lipinski definition) is 3. The van der Waals surface area contributed by atoms with Crippen molar-refractivity contribution in [2.45, 2.75) is 4.90 Å². The van der Waals surface area contributed by atoms with Gasteiger partial charge in [-0.15, -0.1) is 0 Å². The Morgan fingerprint density at radius 3 is 2.50 bits per heavy atom. The first-order valence-electron chi connectivity index (χ1n) is 3.66. The highest BCUT2D eigenvalue weighted by Crippen LogP contribution is 2.25. The number of rotatable bonds is 3. The molecule has 0 aromatic heterocycles. The number of benzene rings is 1. The lowest BCUT2D eigenvalue weighted by Crippen LogP contribution is -2.14. The first-order chi connectivity index (χ1) is 6.49. The summed E-state index contributed by atoms with van der Waals surface area (Å²) in [5.74, 6) is 5.30. The van der Waals surface area contributed by atoms with E-state index in [1.807, 2.05) is 0 Å². The molecule has 0 saturated heterocycles. The highest BCUT2D eigenvalue weighted by atomic mass is 32.2. The number of anilines is 1. The largest absolute Gasteiger partial charge is 0.495 e. The third-order valence-corrected chi connectivity index (χ3v) is 2.59. The smallest absolute Gasteiger partial charge is 0.241 e. The number of primary sulfonamides is 1. The maximum atomic E-state index is 11.1. The fourth-order valence-electron chi connectivity index (χ4n) is 0.992. The molecule has 1 aromatic carbocycles. The summed E-state index contributed by atoms with van der Waals surface area (Å²) in [6.07, 6.45) is 0. The molecule has 1 aromatic rings. The van der Waals surface area contributed by atoms with E-state index in [1.54, 1.807) is 0 Å². The lowest BCUT2D eigenvalue weighted by molar-refractivity contribution is 0.403. The minimum absolute atomic E-state index is 0.0704. The zero-order valence-corrected chi connectivity index (χ0v) is 8.34. The molecule has 0 bridgehead atoms. The Bertz CT molecular complexity index is 430. The number of sulfonamides is 1. The number of nitrogens with two attached hydrogens (primary N) is 2. The number of methoxy groups -OCH3 is 1. The maximum Gasteiger partial charge on any atom is 0.241 e. The van der Waals surface area contributed by atoms with E-state index in [4.69, 9.17) is 15.7 Å². The van der Waals surface area contributed by atoms with Crippen LogP contribution in [0.2, 0.25) is 0 Å². The zero-order chi connectivity index (χ0) is 10.8. The molecule has 0 amide bonds. The molecular weight excluding hydrogens is 206 g/mol. The molecule has 0 atom stereocenters. The molecule has 78 valence electrons. The van der Waals surface area contributed by atoms with Crippen molar-refractivity contribution in [3.63, 3.8) is 0 Å². The summed E-state index contributed by atoms with van der Waals surface area (Å²) in [4.78, 5) is -0.0704. The lowest BCUT2D eigenvalue weighted by atomic mass is 10.3. The second-order valence-corrected chi connectivity index (χ2v) is 4.08. The van der Waals surface area contributed by atoms with Gasteiger partial charge in [-0.25, -0.2) is 13.6 Å². The fourth-order valence-corrected chi connectivity index (χ4v) is 1.67. The van der Waals surface area contributed by atoms with E-state index < -0.39 is 10.0 Å². The number of hydrogen-bond acceptors (Lipinski definition) is 5. The predicted octanol–water partition coefficient (Wildman–Crippen LogP) is -0.372. The van der Waals surface area contributed by atoms with Crippen LogP contribution in [0.5, 0.6) is 5.75 Å². The fraction of sp³-hybridized carbons (Fsp3) is 0.143. The number of nitrogen functional groups attached to an aromatic ring is 1. The molecular formula is C7H11N3O3S. The summed E-state index contributed by atoms with van der Waals surface area (Å²) in [6.45, 7) is 0. The summed E-state index contributed by atoms with van der Waals surface area (Å²) in [5, 5.41) is 4.97. The van der Waals surface area contributed by atoms with E-state index >= 15 is 0 Å². The van der Waals surface area contributed by atoms with E-state index in [0.29, 0.717) is 5.69 Å². The van der Waals surface area contributed by atoms with E-state index in [0.717, 1.165) is 0 Å². The van der Waals surface area contributed by atoms with Crippen LogP contribution in [-0.4, -0.2) is 15.5 Å². The van der Waals surface area contributed by atoms with Gasteiger partial charge in [-0.05, 0) is 12.1 Å². The molecule has 1 rings (SSSR count). The van der Waals surface area contributed by atoms with Crippen molar-refractivity contribution in [2.75, 3.05) is 12.5 Å². The van der Waals surface area contributed by atoms with Gasteiger partial charge >= 0.3 is 0 Å². The third kappa shape index (κ3) is 2.13. The molecule has 14 heavy (non-hydrogen) atoms. The molecule has 0 spiro atoms. The Kier molecular flexibility index (Phi) is 2.94. The van der Waals surface area contributed by atoms with Gasteiger partial charge < -0.3 is 10.2 Å². The van der Waals surface area contributed by atoms with Gasteiger partial charge in [0, 0.05) is 6.07 Å². The van der Waals surface area contributed by atoms with Gasteiger partial charge in [-0.3, -0.25) is 5.84 Å². The summed E-state index contributed by atoms with van der Waals surface area (Å²) < 4.78 is 27.0. The molecule has 0 aliphatic heterocycles. The van der Waals surface area contributed by atoms with Gasteiger partial charge in [0.1, 0.15) is 10.6 Å². The quantitative estimate of drug-likeness (QED) is 0.473. The van der Waals surface area contributed by atoms with E-state index in [1.165, 1.54) is 25.3 Å². The van der Waals surface area contributed by atoms with Gasteiger partial charge in [0.25, 0.3) is 0 Å². The van der Waals surface area contributed by atoms with Crippen LogP contribution in [0.25, 0.3) is 0 Å². The first kappa shape index (κ1) is 10.8. The van der Waals surface area contributed by atoms with Crippen LogP contribution in [0.4, 0.5) is 5.69 Å². The number of nitrogens with one attached hydrogen (secondary N) is 1. The van der Waals surface area contributed by atoms with Crippen molar-refractivity contribution in [2.24, 2.45) is 11.0 Å². The van der Waals surface area contributed by atoms with Crippen LogP contribution < -0.4 is 21.1 Å². The summed E-state index contributed by atoms with van der Waals surface area (Å²) in [6, 6.07) is 4.26. The van der Waals surface area contributed by atoms with Gasteiger partial charge in [0.2, 0.25) is 10.0 Å². The highest BCUT2D eigenvalue weighted by Gasteiger charge is 2.14. The van der Waals surface area contributed by atoms with E-state index in [9.17, 15) is 8.42 Å². The van der Waals surface area contributed by atoms with Gasteiger partial charge in [0.15, 0.2) is 0 Å². The standard InChI is InChI=1S/C7H11N3O3S/c1-13-6-4-5(10-8)2-3-7(6)14(9,11)12/h2-4,10H,8H2,1H3,(H2,9,11,12). The number of ether oxygens (including phenoxy) is 1. The van der Waals surface area contributed by atoms with Crippen molar-refractivity contribution in [1.82, 2.24) is 0 Å². The van der Waals surface area contributed by atoms with Crippen LogP contribution in [0.3, 0.4) is 0 Å². The second-order valence-electron chi connectivity index (χ2n) is 2.55. The molecule has 0 unspecified atom stereocenters. The summed E-state index contributed by atoms with van der Waals surface area (Å²) >= 11 is 0. The molecule has 0 aliphatic carbocycles. The normalized spacial score (nSPS) is 11.1. The molecule has 6 nitrogen and oxygen atoms in total. The molecule has 0 fully saturated rings. The Balaban J connectivity index is 3.33. The zero-order valence-electron chi connectivity index (χ0n) is 7.52. The van der Waals surface area contributed by atoms with Gasteiger partial charge in [-0.1, -0.05) is 0 Å². The van der Waals surface area contributed by atoms with Crippen molar-refractivity contribution in [1.29, 1.82) is 0 Å². The van der Waals surface area contributed by atoms with Crippen LogP contribution in [0, 0.1) is 0 Å². The van der Waals surface area contributed by atoms with E-state index in [-0.39, 0.29) is 10.6 Å². The molecule has 0 heterocycles. The Morgan fingerprint density at radius 1 is 1.43 bits per heavy atom. The summed E-state index contributed by atoms with van der Waals surface area (Å²) in [7, 11) is -2.41. The van der Waals surface area contributed by atoms with Crippen LogP contribution >= 0.6 is 0 Å². The minimum atomic E-state index is -3.76. The van der Waals surface area contributed by atoms with Gasteiger partial charge in [0.05, 0.1) is 12.8 Å². The first-order valence-corrected chi connectivity index (χ1v) is 5.21. The van der Waals surface area contributed by atoms with Crippen LogP contribution in [-0.2, 0) is 10.0 Å². The minimum Gasteiger partial charge on any atom is -0.495 e. The van der Waals surface area contributed by atoms with Crippen molar-refractivity contribution >= 4 is 15.7 Å². The van der Waals surface area contributed by atoms with Gasteiger partial charge in [-0.2, -0.15) is 0 Å². The van der Waals surface area contributed by atoms with E-state index in [2.05, 4.69) is 5.43 Å². The SMILES string of the molecule is COc1cc(NN)ccc1S(N)(=O)=O. The Morgan fingerprint density at radius 2 is 2.07 bits per heavy atom. The molecule has 5 N–H and O–H groups in total. The third-order valence-electron chi connectivity index (χ3n) is 1.64. The molecule has 0 saturated carbocycles. The predicted molar refractivity (Wildman–Crippen MR) is 52.2 cm³/mol. The molecule has 0 aliphatic rings. The number of hydrazine groups is 1. The highest BCUT2D eigenvalue weighted by molar-refractivity contribution is 7.89. The van der Waals surface area contributed by atoms with Crippen LogP contribution in [0.15, 0.2) is 23.1 Å². The van der Waals surface area contributed by atoms with Crippen molar-refractivity contribution in [3.8, 4) is 5.75 Å². The lowest BCUT2D eigenvalue weighted by Gasteiger charge is -2.08. The Hall–Kier alpha value is -1.31. The van der Waals surface area contributed by atoms with Crippen molar-refractivity contribution in [3.05, 3.63) is 18.2 Å². The Labute approximate surface area is 81.9 Å². The summed E-state index contributed by atoms with van der Waals surface area (Å²) in [5.41, 5.74) is 2.90. The second kappa shape index (κ2) is 3.82. The van der Waals surface area contributed by atoms with Crippen molar-refractivity contribution < 1.29 is 13.2 Å². The average Bonchev–Trinajstić information content (AvgIpc) is 2.15.